The zero-order chi connectivity index (χ0) is 17.6. The zero-order valence-corrected chi connectivity index (χ0v) is 13.1. The molecule has 0 aromatic rings. The fraction of sp³-hybridized carbons (Fsp3) is 0.733. The number of alkyl halides is 3. The van der Waals surface area contributed by atoms with Gasteiger partial charge in [0.15, 0.2) is 0 Å². The first-order valence-corrected chi connectivity index (χ1v) is 7.27. The van der Waals surface area contributed by atoms with Gasteiger partial charge in [-0.1, -0.05) is 0 Å². The van der Waals surface area contributed by atoms with Crippen LogP contribution in [0.5, 0.6) is 0 Å². The number of halogens is 3. The van der Waals surface area contributed by atoms with Crippen LogP contribution in [0.3, 0.4) is 0 Å². The van der Waals surface area contributed by atoms with E-state index in [0.717, 1.165) is 0 Å². The lowest BCUT2D eigenvalue weighted by atomic mass is 9.87. The van der Waals surface area contributed by atoms with Crippen molar-refractivity contribution in [3.05, 3.63) is 5.57 Å². The molecule has 1 saturated carbocycles. The fourth-order valence-corrected chi connectivity index (χ4v) is 3.27. The SMILES string of the molecule is CC(C)(C)OC(=O)N1CC2CC(=C=O)C(C(=O)C(F)(F)F)C2C1. The Morgan fingerprint density at radius 2 is 1.83 bits per heavy atom. The second-order valence-electron chi connectivity index (χ2n) is 6.98. The van der Waals surface area contributed by atoms with E-state index in [1.165, 1.54) is 10.8 Å². The van der Waals surface area contributed by atoms with E-state index in [4.69, 9.17) is 4.74 Å². The number of hydrogen-bond acceptors (Lipinski definition) is 4. The first-order valence-electron chi connectivity index (χ1n) is 7.27. The van der Waals surface area contributed by atoms with Crippen molar-refractivity contribution in [2.75, 3.05) is 13.1 Å². The molecule has 3 atom stereocenters. The van der Waals surface area contributed by atoms with Gasteiger partial charge in [0.05, 0.1) is 5.92 Å². The Labute approximate surface area is 131 Å². The van der Waals surface area contributed by atoms with Gasteiger partial charge in [-0.3, -0.25) is 4.79 Å². The molecule has 0 aromatic carbocycles. The number of nitrogens with zero attached hydrogens (tertiary/aromatic N) is 1. The molecule has 1 saturated heterocycles. The molecule has 5 nitrogen and oxygen atoms in total. The highest BCUT2D eigenvalue weighted by molar-refractivity contribution is 5.91. The van der Waals surface area contributed by atoms with Crippen LogP contribution in [-0.4, -0.2) is 47.6 Å². The molecule has 0 bridgehead atoms. The van der Waals surface area contributed by atoms with E-state index in [-0.39, 0.29) is 31.0 Å². The summed E-state index contributed by atoms with van der Waals surface area (Å²) in [5.41, 5.74) is -0.865. The number of allylic oxidation sites excluding steroid dienone is 1. The smallest absolute Gasteiger partial charge is 0.444 e. The van der Waals surface area contributed by atoms with E-state index in [9.17, 15) is 27.6 Å². The molecule has 1 amide bonds. The number of rotatable bonds is 1. The molecule has 2 aliphatic rings. The van der Waals surface area contributed by atoms with Crippen LogP contribution >= 0.6 is 0 Å². The number of likely N-dealkylation sites (tertiary alicyclic amines) is 1. The molecule has 8 heteroatoms. The lowest BCUT2D eigenvalue weighted by molar-refractivity contribution is -0.175. The van der Waals surface area contributed by atoms with Crippen molar-refractivity contribution in [2.45, 2.75) is 39.0 Å². The first kappa shape index (κ1) is 17.5. The van der Waals surface area contributed by atoms with Crippen LogP contribution < -0.4 is 0 Å². The van der Waals surface area contributed by atoms with Gasteiger partial charge in [-0.05, 0) is 39.0 Å². The Morgan fingerprint density at radius 1 is 1.22 bits per heavy atom. The number of carbonyl (C=O) groups is 2. The second-order valence-corrected chi connectivity index (χ2v) is 6.98. The van der Waals surface area contributed by atoms with Gasteiger partial charge in [0.25, 0.3) is 0 Å². The molecule has 128 valence electrons. The molecule has 0 radical (unpaired) electrons. The average molecular weight is 333 g/mol. The molecule has 23 heavy (non-hydrogen) atoms. The lowest BCUT2D eigenvalue weighted by Crippen LogP contribution is -2.38. The summed E-state index contributed by atoms with van der Waals surface area (Å²) < 4.78 is 43.4. The standard InChI is InChI=1S/C15H18F3NO4/c1-14(2,3)23-13(22)19-5-8-4-9(7-20)11(10(8)6-19)12(21)15(16,17)18/h8,10-11H,4-6H2,1-3H3. The highest BCUT2D eigenvalue weighted by atomic mass is 19.4. The Kier molecular flexibility index (Phi) is 4.32. The molecule has 2 rings (SSSR count). The van der Waals surface area contributed by atoms with Gasteiger partial charge in [-0.25, -0.2) is 9.59 Å². The van der Waals surface area contributed by atoms with Crippen LogP contribution in [-0.2, 0) is 14.3 Å². The number of hydrogen-bond donors (Lipinski definition) is 0. The van der Waals surface area contributed by atoms with Crippen molar-refractivity contribution in [1.82, 2.24) is 4.90 Å². The molecule has 3 unspecified atom stereocenters. The predicted molar refractivity (Wildman–Crippen MR) is 73.2 cm³/mol. The minimum Gasteiger partial charge on any atom is -0.444 e. The van der Waals surface area contributed by atoms with Crippen molar-refractivity contribution in [1.29, 1.82) is 0 Å². The monoisotopic (exact) mass is 333 g/mol. The maximum Gasteiger partial charge on any atom is 0.450 e. The summed E-state index contributed by atoms with van der Waals surface area (Å²) >= 11 is 0. The zero-order valence-electron chi connectivity index (χ0n) is 13.1. The normalized spacial score (nSPS) is 27.7. The summed E-state index contributed by atoms with van der Waals surface area (Å²) in [5.74, 6) is -3.05. The Bertz CT molecular complexity index is 572. The summed E-state index contributed by atoms with van der Waals surface area (Å²) in [7, 11) is 0. The van der Waals surface area contributed by atoms with Gasteiger partial charge in [0.1, 0.15) is 11.5 Å². The molecular formula is C15H18F3NO4. The van der Waals surface area contributed by atoms with Crippen LogP contribution in [0, 0.1) is 17.8 Å². The van der Waals surface area contributed by atoms with Crippen molar-refractivity contribution in [3.8, 4) is 0 Å². The van der Waals surface area contributed by atoms with Crippen LogP contribution in [0.2, 0.25) is 0 Å². The Hall–Kier alpha value is -1.82. The summed E-state index contributed by atoms with van der Waals surface area (Å²) in [5, 5.41) is 0. The molecule has 1 heterocycles. The maximum absolute atomic E-state index is 12.7. The van der Waals surface area contributed by atoms with Gasteiger partial charge in [-0.15, -0.1) is 0 Å². The third-order valence-corrected chi connectivity index (χ3v) is 4.12. The fourth-order valence-electron chi connectivity index (χ4n) is 3.27. The van der Waals surface area contributed by atoms with Crippen molar-refractivity contribution in [2.24, 2.45) is 17.8 Å². The van der Waals surface area contributed by atoms with Crippen molar-refractivity contribution < 1.29 is 32.3 Å². The van der Waals surface area contributed by atoms with Crippen LogP contribution in [0.1, 0.15) is 27.2 Å². The second kappa shape index (κ2) is 5.67. The van der Waals surface area contributed by atoms with Crippen LogP contribution in [0.25, 0.3) is 0 Å². The van der Waals surface area contributed by atoms with Crippen LogP contribution in [0.4, 0.5) is 18.0 Å². The van der Waals surface area contributed by atoms with E-state index >= 15 is 0 Å². The van der Waals surface area contributed by atoms with Gasteiger partial charge < -0.3 is 9.64 Å². The molecule has 0 spiro atoms. The van der Waals surface area contributed by atoms with Gasteiger partial charge >= 0.3 is 12.3 Å². The highest BCUT2D eigenvalue weighted by Crippen LogP contribution is 2.47. The number of ketones is 1. The minimum absolute atomic E-state index is 0.0305. The number of carbonyl (C=O) groups excluding carboxylic acids is 3. The quantitative estimate of drug-likeness (QED) is 0.691. The van der Waals surface area contributed by atoms with E-state index < -0.39 is 35.5 Å². The van der Waals surface area contributed by atoms with Crippen molar-refractivity contribution >= 4 is 17.8 Å². The third kappa shape index (κ3) is 3.58. The number of ether oxygens (including phenoxy) is 1. The van der Waals surface area contributed by atoms with Gasteiger partial charge in [0, 0.05) is 18.7 Å². The summed E-state index contributed by atoms with van der Waals surface area (Å²) in [6, 6.07) is 0. The van der Waals surface area contributed by atoms with Gasteiger partial charge in [0.2, 0.25) is 5.78 Å². The molecule has 1 aliphatic carbocycles. The number of amides is 1. The topological polar surface area (TPSA) is 63.7 Å². The highest BCUT2D eigenvalue weighted by Gasteiger charge is 2.56. The van der Waals surface area contributed by atoms with E-state index in [1.54, 1.807) is 20.8 Å². The maximum atomic E-state index is 12.7. The largest absolute Gasteiger partial charge is 0.450 e. The molecular weight excluding hydrogens is 315 g/mol. The van der Waals surface area contributed by atoms with E-state index in [2.05, 4.69) is 0 Å². The summed E-state index contributed by atoms with van der Waals surface area (Å²) in [4.78, 5) is 35.9. The van der Waals surface area contributed by atoms with Gasteiger partial charge in [-0.2, -0.15) is 13.2 Å². The summed E-state index contributed by atoms with van der Waals surface area (Å²) in [6.07, 6.45) is -5.58. The third-order valence-electron chi connectivity index (χ3n) is 4.12. The van der Waals surface area contributed by atoms with Crippen LogP contribution in [0.15, 0.2) is 5.57 Å². The average Bonchev–Trinajstić information content (AvgIpc) is 2.90. The van der Waals surface area contributed by atoms with E-state index in [0.29, 0.717) is 0 Å². The molecule has 2 fully saturated rings. The molecule has 0 aromatic heterocycles. The molecule has 0 N–H and O–H groups in total. The van der Waals surface area contributed by atoms with Crippen molar-refractivity contribution in [3.63, 3.8) is 0 Å². The minimum atomic E-state index is -5.01. The Morgan fingerprint density at radius 3 is 2.30 bits per heavy atom. The number of Topliss-reactive ketones (excluding diaryl/α,β-unsaturated/α-hetero) is 1. The molecule has 1 aliphatic heterocycles. The Balaban J connectivity index is 2.17. The predicted octanol–water partition coefficient (Wildman–Crippen LogP) is 2.38. The summed E-state index contributed by atoms with van der Waals surface area (Å²) in [6.45, 7) is 5.20. The number of fused-ring (bicyclic) bond motifs is 1. The first-order chi connectivity index (χ1) is 10.4. The lowest BCUT2D eigenvalue weighted by Gasteiger charge is -2.25. The van der Waals surface area contributed by atoms with E-state index in [1.807, 2.05) is 0 Å².